The van der Waals surface area contributed by atoms with Gasteiger partial charge in [0.1, 0.15) is 5.75 Å². The number of aryl methyl sites for hydroxylation is 1. The lowest BCUT2D eigenvalue weighted by atomic mass is 10.0. The third kappa shape index (κ3) is 3.58. The summed E-state index contributed by atoms with van der Waals surface area (Å²) in [6, 6.07) is 13.9. The number of hydrogen-bond donors (Lipinski definition) is 1. The van der Waals surface area contributed by atoms with Gasteiger partial charge in [0.15, 0.2) is 0 Å². The molecule has 0 amide bonds. The fraction of sp³-hybridized carbons (Fsp3) is 0.250. The highest BCUT2D eigenvalue weighted by Gasteiger charge is 2.11. The summed E-state index contributed by atoms with van der Waals surface area (Å²) in [6.45, 7) is 2.06. The Bertz CT molecular complexity index is 566. The van der Waals surface area contributed by atoms with Crippen molar-refractivity contribution < 1.29 is 9.84 Å². The van der Waals surface area contributed by atoms with E-state index in [0.29, 0.717) is 6.42 Å². The molecule has 0 aliphatic carbocycles. The molecule has 0 aromatic heterocycles. The lowest BCUT2D eigenvalue weighted by molar-refractivity contribution is 0.178. The summed E-state index contributed by atoms with van der Waals surface area (Å²) in [7, 11) is 1.63. The first-order chi connectivity index (χ1) is 9.10. The number of aliphatic hydroxyl groups is 1. The van der Waals surface area contributed by atoms with Crippen molar-refractivity contribution in [1.29, 1.82) is 0 Å². The minimum Gasteiger partial charge on any atom is -0.496 e. The van der Waals surface area contributed by atoms with Gasteiger partial charge in [-0.1, -0.05) is 35.9 Å². The summed E-state index contributed by atoms with van der Waals surface area (Å²) < 4.78 is 6.04. The van der Waals surface area contributed by atoms with Gasteiger partial charge < -0.3 is 9.84 Å². The molecule has 2 aromatic rings. The standard InChI is InChI=1S/C16H17BrO2/c1-11-4-3-5-12(8-11)9-15(18)13-6-7-16(19-2)14(17)10-13/h3-8,10,15,18H,9H2,1-2H3. The fourth-order valence-corrected chi connectivity index (χ4v) is 2.63. The van der Waals surface area contributed by atoms with Gasteiger partial charge in [0, 0.05) is 6.42 Å². The second kappa shape index (κ2) is 6.22. The van der Waals surface area contributed by atoms with Crippen LogP contribution in [0.25, 0.3) is 0 Å². The lowest BCUT2D eigenvalue weighted by Crippen LogP contribution is -2.02. The van der Waals surface area contributed by atoms with E-state index in [4.69, 9.17) is 4.74 Å². The van der Waals surface area contributed by atoms with Crippen molar-refractivity contribution in [2.45, 2.75) is 19.4 Å². The summed E-state index contributed by atoms with van der Waals surface area (Å²) in [6.07, 6.45) is 0.101. The molecule has 100 valence electrons. The Morgan fingerprint density at radius 2 is 2.00 bits per heavy atom. The summed E-state index contributed by atoms with van der Waals surface area (Å²) >= 11 is 3.44. The molecule has 0 aliphatic rings. The average Bonchev–Trinajstić information content (AvgIpc) is 2.38. The molecule has 0 saturated carbocycles. The van der Waals surface area contributed by atoms with Crippen molar-refractivity contribution in [3.8, 4) is 5.75 Å². The molecule has 0 radical (unpaired) electrons. The zero-order chi connectivity index (χ0) is 13.8. The Kier molecular flexibility index (Phi) is 4.61. The molecule has 2 aromatic carbocycles. The van der Waals surface area contributed by atoms with E-state index in [2.05, 4.69) is 35.0 Å². The average molecular weight is 321 g/mol. The third-order valence-corrected chi connectivity index (χ3v) is 3.69. The van der Waals surface area contributed by atoms with E-state index in [-0.39, 0.29) is 0 Å². The van der Waals surface area contributed by atoms with Crippen molar-refractivity contribution in [3.63, 3.8) is 0 Å². The van der Waals surface area contributed by atoms with Crippen molar-refractivity contribution in [3.05, 3.63) is 63.6 Å². The van der Waals surface area contributed by atoms with Crippen LogP contribution in [-0.4, -0.2) is 12.2 Å². The molecule has 1 unspecified atom stereocenters. The summed E-state index contributed by atoms with van der Waals surface area (Å²) in [5, 5.41) is 10.3. The number of rotatable bonds is 4. The minimum absolute atomic E-state index is 0.510. The third-order valence-electron chi connectivity index (χ3n) is 3.07. The first kappa shape index (κ1) is 14.1. The zero-order valence-electron chi connectivity index (χ0n) is 11.1. The van der Waals surface area contributed by atoms with Crippen LogP contribution in [-0.2, 0) is 6.42 Å². The van der Waals surface area contributed by atoms with Crippen LogP contribution in [0.2, 0.25) is 0 Å². The molecule has 1 atom stereocenters. The van der Waals surface area contributed by atoms with Gasteiger partial charge in [-0.3, -0.25) is 0 Å². The molecule has 2 rings (SSSR count). The molecule has 2 nitrogen and oxygen atoms in total. The first-order valence-electron chi connectivity index (χ1n) is 6.17. The number of methoxy groups -OCH3 is 1. The normalized spacial score (nSPS) is 12.2. The molecular formula is C16H17BrO2. The van der Waals surface area contributed by atoms with E-state index in [1.54, 1.807) is 7.11 Å². The maximum atomic E-state index is 10.3. The summed E-state index contributed by atoms with van der Waals surface area (Å²) in [4.78, 5) is 0. The van der Waals surface area contributed by atoms with Gasteiger partial charge in [-0.25, -0.2) is 0 Å². The van der Waals surface area contributed by atoms with Crippen LogP contribution in [0.5, 0.6) is 5.75 Å². The van der Waals surface area contributed by atoms with E-state index >= 15 is 0 Å². The lowest BCUT2D eigenvalue weighted by Gasteiger charge is -2.13. The number of hydrogen-bond acceptors (Lipinski definition) is 2. The smallest absolute Gasteiger partial charge is 0.133 e. The second-order valence-electron chi connectivity index (χ2n) is 4.60. The van der Waals surface area contributed by atoms with Gasteiger partial charge in [-0.2, -0.15) is 0 Å². The van der Waals surface area contributed by atoms with Gasteiger partial charge in [0.2, 0.25) is 0 Å². The van der Waals surface area contributed by atoms with Crippen LogP contribution in [0.15, 0.2) is 46.9 Å². The maximum Gasteiger partial charge on any atom is 0.133 e. The van der Waals surface area contributed by atoms with Gasteiger partial charge >= 0.3 is 0 Å². The predicted octanol–water partition coefficient (Wildman–Crippen LogP) is 4.04. The Morgan fingerprint density at radius 3 is 2.63 bits per heavy atom. The maximum absolute atomic E-state index is 10.3. The van der Waals surface area contributed by atoms with Gasteiger partial charge in [0.25, 0.3) is 0 Å². The molecule has 0 heterocycles. The predicted molar refractivity (Wildman–Crippen MR) is 80.5 cm³/mol. The zero-order valence-corrected chi connectivity index (χ0v) is 12.6. The Labute approximate surface area is 122 Å². The van der Waals surface area contributed by atoms with E-state index in [1.165, 1.54) is 5.56 Å². The van der Waals surface area contributed by atoms with Crippen LogP contribution >= 0.6 is 15.9 Å². The molecule has 0 bridgehead atoms. The van der Waals surface area contributed by atoms with E-state index in [1.807, 2.05) is 30.3 Å². The molecule has 0 aliphatic heterocycles. The first-order valence-corrected chi connectivity index (χ1v) is 6.96. The van der Waals surface area contributed by atoms with Crippen LogP contribution in [0, 0.1) is 6.92 Å². The molecule has 1 N–H and O–H groups in total. The monoisotopic (exact) mass is 320 g/mol. The van der Waals surface area contributed by atoms with Crippen LogP contribution in [0.1, 0.15) is 22.8 Å². The van der Waals surface area contributed by atoms with Crippen LogP contribution in [0.4, 0.5) is 0 Å². The summed E-state index contributed by atoms with van der Waals surface area (Å²) in [5.41, 5.74) is 3.23. The molecule has 0 spiro atoms. The largest absolute Gasteiger partial charge is 0.496 e. The Morgan fingerprint density at radius 1 is 1.21 bits per heavy atom. The van der Waals surface area contributed by atoms with Gasteiger partial charge in [-0.15, -0.1) is 0 Å². The number of ether oxygens (including phenoxy) is 1. The van der Waals surface area contributed by atoms with Crippen LogP contribution in [0.3, 0.4) is 0 Å². The Balaban J connectivity index is 2.15. The van der Waals surface area contributed by atoms with E-state index in [9.17, 15) is 5.11 Å². The molecule has 19 heavy (non-hydrogen) atoms. The van der Waals surface area contributed by atoms with Gasteiger partial charge in [0.05, 0.1) is 17.7 Å². The molecule has 0 fully saturated rings. The Hall–Kier alpha value is -1.32. The van der Waals surface area contributed by atoms with Crippen molar-refractivity contribution in [2.24, 2.45) is 0 Å². The molecule has 3 heteroatoms. The van der Waals surface area contributed by atoms with E-state index < -0.39 is 6.10 Å². The minimum atomic E-state index is -0.510. The summed E-state index contributed by atoms with van der Waals surface area (Å²) in [5.74, 6) is 0.770. The van der Waals surface area contributed by atoms with Crippen molar-refractivity contribution in [1.82, 2.24) is 0 Å². The highest BCUT2D eigenvalue weighted by molar-refractivity contribution is 9.10. The topological polar surface area (TPSA) is 29.5 Å². The number of aliphatic hydroxyl groups excluding tert-OH is 1. The molecular weight excluding hydrogens is 304 g/mol. The second-order valence-corrected chi connectivity index (χ2v) is 5.46. The number of benzene rings is 2. The SMILES string of the molecule is COc1ccc(C(O)Cc2cccc(C)c2)cc1Br. The highest BCUT2D eigenvalue weighted by Crippen LogP contribution is 2.29. The van der Waals surface area contributed by atoms with Gasteiger partial charge in [-0.05, 0) is 46.1 Å². The van der Waals surface area contributed by atoms with Crippen LogP contribution < -0.4 is 4.74 Å². The fourth-order valence-electron chi connectivity index (χ4n) is 2.07. The number of halogens is 1. The van der Waals surface area contributed by atoms with E-state index in [0.717, 1.165) is 21.3 Å². The molecule has 0 saturated heterocycles. The van der Waals surface area contributed by atoms with Crippen molar-refractivity contribution in [2.75, 3.05) is 7.11 Å². The quantitative estimate of drug-likeness (QED) is 0.921. The highest BCUT2D eigenvalue weighted by atomic mass is 79.9. The van der Waals surface area contributed by atoms with Crippen molar-refractivity contribution >= 4 is 15.9 Å².